The van der Waals surface area contributed by atoms with Crippen molar-refractivity contribution in [1.82, 2.24) is 14.3 Å². The molecule has 7 nitrogen and oxygen atoms in total. The zero-order valence-corrected chi connectivity index (χ0v) is 10.8. The Morgan fingerprint density at radius 1 is 1.61 bits per heavy atom. The highest BCUT2D eigenvalue weighted by Crippen LogP contribution is 2.31. The molecular weight excluding hydrogens is 258 g/mol. The number of nitrogens with one attached hydrogen (secondary N) is 1. The van der Waals surface area contributed by atoms with Gasteiger partial charge in [-0.25, -0.2) is 13.4 Å². The van der Waals surface area contributed by atoms with Crippen LogP contribution in [0.15, 0.2) is 17.6 Å². The largest absolute Gasteiger partial charge is 0.465 e. The van der Waals surface area contributed by atoms with E-state index in [2.05, 4.69) is 9.97 Å². The summed E-state index contributed by atoms with van der Waals surface area (Å²) >= 11 is 0. The number of sulfonamides is 1. The first-order valence-corrected chi connectivity index (χ1v) is 7.15. The molecule has 100 valence electrons. The maximum Gasteiger partial charge on any atom is 0.321 e. The predicted molar refractivity (Wildman–Crippen MR) is 62.1 cm³/mol. The van der Waals surface area contributed by atoms with Crippen molar-refractivity contribution in [3.8, 4) is 0 Å². The third-order valence-electron chi connectivity index (χ3n) is 2.60. The average Bonchev–Trinajstić information content (AvgIpc) is 2.98. The Balaban J connectivity index is 2.18. The van der Waals surface area contributed by atoms with Gasteiger partial charge in [-0.3, -0.25) is 4.79 Å². The van der Waals surface area contributed by atoms with E-state index in [-0.39, 0.29) is 24.2 Å². The summed E-state index contributed by atoms with van der Waals surface area (Å²) < 4.78 is 30.5. The number of H-pyrrole nitrogens is 1. The van der Waals surface area contributed by atoms with Gasteiger partial charge in [0.05, 0.1) is 19.1 Å². The predicted octanol–water partition coefficient (Wildman–Crippen LogP) is 0.126. The summed E-state index contributed by atoms with van der Waals surface area (Å²) in [6.07, 6.45) is 4.07. The number of rotatable bonds is 6. The summed E-state index contributed by atoms with van der Waals surface area (Å²) in [6.45, 7) is 1.67. The summed E-state index contributed by atoms with van der Waals surface area (Å²) in [5, 5.41) is -0.00121. The van der Waals surface area contributed by atoms with Crippen LogP contribution in [0.5, 0.6) is 0 Å². The van der Waals surface area contributed by atoms with Gasteiger partial charge < -0.3 is 9.72 Å². The summed E-state index contributed by atoms with van der Waals surface area (Å²) in [5.74, 6) is -0.535. The summed E-state index contributed by atoms with van der Waals surface area (Å²) in [6, 6.07) is -0.109. The van der Waals surface area contributed by atoms with Gasteiger partial charge in [0.25, 0.3) is 10.0 Å². The van der Waals surface area contributed by atoms with Gasteiger partial charge in [-0.2, -0.15) is 4.31 Å². The highest BCUT2D eigenvalue weighted by molar-refractivity contribution is 7.89. The molecule has 1 N–H and O–H groups in total. The van der Waals surface area contributed by atoms with Crippen LogP contribution < -0.4 is 0 Å². The van der Waals surface area contributed by atoms with Crippen LogP contribution in [-0.4, -0.2) is 47.9 Å². The van der Waals surface area contributed by atoms with Crippen LogP contribution in [0.4, 0.5) is 0 Å². The second-order valence-electron chi connectivity index (χ2n) is 4.00. The first-order valence-electron chi connectivity index (χ1n) is 5.71. The zero-order valence-electron chi connectivity index (χ0n) is 10.00. The summed E-state index contributed by atoms with van der Waals surface area (Å²) in [5.41, 5.74) is 0. The molecule has 8 heteroatoms. The van der Waals surface area contributed by atoms with E-state index in [0.29, 0.717) is 0 Å². The standard InChI is InChI=1S/C10H15N3O4S/c1-2-17-10(14)6-13(8-3-4-8)18(15,16)9-5-11-7-12-9/h5,7-8H,2-4,6H2,1H3,(H,11,12). The lowest BCUT2D eigenvalue weighted by molar-refractivity contribution is -0.143. The van der Waals surface area contributed by atoms with Gasteiger partial charge in [0.15, 0.2) is 5.03 Å². The molecule has 0 amide bonds. The molecular formula is C10H15N3O4S. The van der Waals surface area contributed by atoms with E-state index in [1.165, 1.54) is 16.8 Å². The number of aromatic amines is 1. The van der Waals surface area contributed by atoms with Crippen molar-refractivity contribution in [1.29, 1.82) is 0 Å². The minimum Gasteiger partial charge on any atom is -0.465 e. The Labute approximate surface area is 105 Å². The van der Waals surface area contributed by atoms with Gasteiger partial charge in [0.2, 0.25) is 0 Å². The number of ether oxygens (including phenoxy) is 1. The fourth-order valence-corrected chi connectivity index (χ4v) is 3.14. The van der Waals surface area contributed by atoms with Gasteiger partial charge in [-0.1, -0.05) is 0 Å². The van der Waals surface area contributed by atoms with Crippen LogP contribution in [0.25, 0.3) is 0 Å². The van der Waals surface area contributed by atoms with E-state index < -0.39 is 16.0 Å². The SMILES string of the molecule is CCOC(=O)CN(C1CC1)S(=O)(=O)c1cnc[nH]1. The van der Waals surface area contributed by atoms with Crippen molar-refractivity contribution in [2.24, 2.45) is 0 Å². The number of nitrogens with zero attached hydrogens (tertiary/aromatic N) is 2. The van der Waals surface area contributed by atoms with E-state index in [9.17, 15) is 13.2 Å². The van der Waals surface area contributed by atoms with E-state index in [1.807, 2.05) is 0 Å². The number of carbonyl (C=O) groups is 1. The molecule has 1 aliphatic carbocycles. The van der Waals surface area contributed by atoms with E-state index in [0.717, 1.165) is 12.8 Å². The third-order valence-corrected chi connectivity index (χ3v) is 4.43. The molecule has 1 aromatic rings. The normalized spacial score (nSPS) is 15.9. The van der Waals surface area contributed by atoms with Crippen LogP contribution in [0.1, 0.15) is 19.8 Å². The zero-order chi connectivity index (χ0) is 13.2. The van der Waals surface area contributed by atoms with Crippen molar-refractivity contribution < 1.29 is 17.9 Å². The van der Waals surface area contributed by atoms with E-state index in [4.69, 9.17) is 4.74 Å². The molecule has 18 heavy (non-hydrogen) atoms. The fourth-order valence-electron chi connectivity index (χ4n) is 1.62. The molecule has 1 aromatic heterocycles. The van der Waals surface area contributed by atoms with Crippen LogP contribution >= 0.6 is 0 Å². The van der Waals surface area contributed by atoms with Crippen molar-refractivity contribution in [3.63, 3.8) is 0 Å². The lowest BCUT2D eigenvalue weighted by Crippen LogP contribution is -2.38. The lowest BCUT2D eigenvalue weighted by atomic mass is 10.6. The fraction of sp³-hybridized carbons (Fsp3) is 0.600. The number of hydrogen-bond donors (Lipinski definition) is 1. The smallest absolute Gasteiger partial charge is 0.321 e. The van der Waals surface area contributed by atoms with E-state index in [1.54, 1.807) is 6.92 Å². The number of esters is 1. The molecule has 1 fully saturated rings. The Kier molecular flexibility index (Phi) is 3.67. The maximum atomic E-state index is 12.3. The highest BCUT2D eigenvalue weighted by atomic mass is 32.2. The monoisotopic (exact) mass is 273 g/mol. The minimum absolute atomic E-state index is 0.00121. The molecule has 0 spiro atoms. The number of aromatic nitrogens is 2. The molecule has 1 saturated carbocycles. The molecule has 0 aliphatic heterocycles. The molecule has 0 radical (unpaired) electrons. The molecule has 2 rings (SSSR count). The molecule has 1 heterocycles. The van der Waals surface area contributed by atoms with E-state index >= 15 is 0 Å². The second kappa shape index (κ2) is 5.07. The van der Waals surface area contributed by atoms with Gasteiger partial charge in [-0.15, -0.1) is 0 Å². The second-order valence-corrected chi connectivity index (χ2v) is 5.86. The first kappa shape index (κ1) is 13.0. The lowest BCUT2D eigenvalue weighted by Gasteiger charge is -2.19. The highest BCUT2D eigenvalue weighted by Gasteiger charge is 2.40. The van der Waals surface area contributed by atoms with Crippen molar-refractivity contribution in [2.45, 2.75) is 30.8 Å². The van der Waals surface area contributed by atoms with Crippen LogP contribution in [0.3, 0.4) is 0 Å². The van der Waals surface area contributed by atoms with Gasteiger partial charge in [-0.05, 0) is 19.8 Å². The molecule has 0 unspecified atom stereocenters. The van der Waals surface area contributed by atoms with Crippen molar-refractivity contribution in [2.75, 3.05) is 13.2 Å². The number of carbonyl (C=O) groups excluding carboxylic acids is 1. The van der Waals surface area contributed by atoms with Crippen molar-refractivity contribution in [3.05, 3.63) is 12.5 Å². The Morgan fingerprint density at radius 2 is 2.33 bits per heavy atom. The summed E-state index contributed by atoms with van der Waals surface area (Å²) in [7, 11) is -3.69. The maximum absolute atomic E-state index is 12.3. The molecule has 0 aromatic carbocycles. The third kappa shape index (κ3) is 2.70. The molecule has 0 atom stereocenters. The molecule has 1 aliphatic rings. The van der Waals surface area contributed by atoms with Crippen LogP contribution in [0, 0.1) is 0 Å². The van der Waals surface area contributed by atoms with Gasteiger partial charge >= 0.3 is 5.97 Å². The Morgan fingerprint density at radius 3 is 2.83 bits per heavy atom. The topological polar surface area (TPSA) is 92.4 Å². The number of hydrogen-bond acceptors (Lipinski definition) is 5. The molecule has 0 saturated heterocycles. The summed E-state index contributed by atoms with van der Waals surface area (Å²) in [4.78, 5) is 17.7. The molecule has 0 bridgehead atoms. The van der Waals surface area contributed by atoms with Crippen LogP contribution in [0.2, 0.25) is 0 Å². The first-order chi connectivity index (χ1) is 8.55. The minimum atomic E-state index is -3.69. The van der Waals surface area contributed by atoms with Crippen LogP contribution in [-0.2, 0) is 19.6 Å². The Hall–Kier alpha value is -1.41. The van der Waals surface area contributed by atoms with Gasteiger partial charge in [0.1, 0.15) is 6.54 Å². The Bertz CT molecular complexity index is 507. The van der Waals surface area contributed by atoms with Gasteiger partial charge in [0, 0.05) is 6.04 Å². The average molecular weight is 273 g/mol. The quantitative estimate of drug-likeness (QED) is 0.743. The van der Waals surface area contributed by atoms with Crippen molar-refractivity contribution >= 4 is 16.0 Å². The number of imidazole rings is 1.